The van der Waals surface area contributed by atoms with Crippen molar-refractivity contribution in [2.24, 2.45) is 5.18 Å². The van der Waals surface area contributed by atoms with E-state index >= 15 is 0 Å². The van der Waals surface area contributed by atoms with Crippen LogP contribution in [-0.4, -0.2) is 16.5 Å². The monoisotopic (exact) mass is 197 g/mol. The Morgan fingerprint density at radius 1 is 1.64 bits per heavy atom. The number of H-pyrrole nitrogens is 1. The average Bonchev–Trinajstić information content (AvgIpc) is 2.14. The van der Waals surface area contributed by atoms with E-state index < -0.39 is 5.69 Å². The van der Waals surface area contributed by atoms with Gasteiger partial charge in [-0.1, -0.05) is 6.92 Å². The second-order valence-electron chi connectivity index (χ2n) is 2.67. The quantitative estimate of drug-likeness (QED) is 0.610. The summed E-state index contributed by atoms with van der Waals surface area (Å²) in [7, 11) is 0. The fourth-order valence-electron chi connectivity index (χ4n) is 0.943. The lowest BCUT2D eigenvalue weighted by molar-refractivity contribution is 0.957. The van der Waals surface area contributed by atoms with E-state index in [1.807, 2.05) is 6.92 Å². The van der Waals surface area contributed by atoms with Crippen molar-refractivity contribution in [3.63, 3.8) is 0 Å². The summed E-state index contributed by atoms with van der Waals surface area (Å²) in [6, 6.07) is 0. The van der Waals surface area contributed by atoms with Crippen LogP contribution in [0, 0.1) is 4.91 Å². The fourth-order valence-corrected chi connectivity index (χ4v) is 0.943. The highest BCUT2D eigenvalue weighted by Gasteiger charge is 2.09. The summed E-state index contributed by atoms with van der Waals surface area (Å²) in [5.41, 5.74) is 4.71. The highest BCUT2D eigenvalue weighted by Crippen LogP contribution is 2.25. The van der Waals surface area contributed by atoms with E-state index in [9.17, 15) is 9.70 Å². The van der Waals surface area contributed by atoms with Crippen molar-refractivity contribution in [1.82, 2.24) is 9.97 Å². The van der Waals surface area contributed by atoms with Crippen molar-refractivity contribution in [1.29, 1.82) is 0 Å². The highest BCUT2D eigenvalue weighted by atomic mass is 16.3. The van der Waals surface area contributed by atoms with Gasteiger partial charge in [-0.3, -0.25) is 4.98 Å². The molecule has 0 radical (unpaired) electrons. The third-order valence-corrected chi connectivity index (χ3v) is 1.57. The zero-order valence-corrected chi connectivity index (χ0v) is 7.70. The third kappa shape index (κ3) is 2.06. The molecule has 0 aromatic carbocycles. The summed E-state index contributed by atoms with van der Waals surface area (Å²) >= 11 is 0. The van der Waals surface area contributed by atoms with E-state index in [0.29, 0.717) is 6.54 Å². The summed E-state index contributed by atoms with van der Waals surface area (Å²) in [5, 5.41) is 5.48. The van der Waals surface area contributed by atoms with Gasteiger partial charge in [-0.15, -0.1) is 4.91 Å². The molecule has 1 heterocycles. The molecule has 7 nitrogen and oxygen atoms in total. The van der Waals surface area contributed by atoms with E-state index in [1.165, 1.54) is 0 Å². The Bertz CT molecular complexity index is 386. The number of nitroso groups, excluding NO2 is 1. The molecule has 0 saturated heterocycles. The van der Waals surface area contributed by atoms with Gasteiger partial charge in [0.15, 0.2) is 11.5 Å². The molecule has 0 aliphatic rings. The molecule has 14 heavy (non-hydrogen) atoms. The Labute approximate surface area is 79.7 Å². The normalized spacial score (nSPS) is 9.79. The smallest absolute Gasteiger partial charge is 0.348 e. The van der Waals surface area contributed by atoms with Crippen molar-refractivity contribution in [2.75, 3.05) is 17.6 Å². The summed E-state index contributed by atoms with van der Waals surface area (Å²) in [4.78, 5) is 27.0. The molecule has 0 saturated carbocycles. The van der Waals surface area contributed by atoms with Crippen molar-refractivity contribution in [3.05, 3.63) is 15.4 Å². The van der Waals surface area contributed by atoms with Gasteiger partial charge < -0.3 is 11.1 Å². The Balaban J connectivity index is 3.11. The molecular weight excluding hydrogens is 186 g/mol. The van der Waals surface area contributed by atoms with Crippen LogP contribution in [0.15, 0.2) is 9.97 Å². The Morgan fingerprint density at radius 3 is 2.93 bits per heavy atom. The van der Waals surface area contributed by atoms with E-state index in [1.54, 1.807) is 0 Å². The SMILES string of the molecule is CCCNc1nc(=O)[nH]c(N)c1N=O. The fraction of sp³-hybridized carbons (Fsp3) is 0.429. The predicted octanol–water partition coefficient (Wildman–Crippen LogP) is 0.572. The maximum atomic E-state index is 10.9. The lowest BCUT2D eigenvalue weighted by Crippen LogP contribution is -2.16. The van der Waals surface area contributed by atoms with E-state index in [4.69, 9.17) is 5.73 Å². The van der Waals surface area contributed by atoms with Crippen LogP contribution in [0.25, 0.3) is 0 Å². The first-order chi connectivity index (χ1) is 6.69. The molecule has 0 amide bonds. The topological polar surface area (TPSA) is 113 Å². The molecule has 1 rings (SSSR count). The zero-order chi connectivity index (χ0) is 10.6. The number of nitrogens with zero attached hydrogens (tertiary/aromatic N) is 2. The molecule has 0 atom stereocenters. The van der Waals surface area contributed by atoms with Crippen LogP contribution < -0.4 is 16.7 Å². The minimum Gasteiger partial charge on any atom is -0.383 e. The lowest BCUT2D eigenvalue weighted by atomic mass is 10.4. The van der Waals surface area contributed by atoms with Crippen molar-refractivity contribution in [3.8, 4) is 0 Å². The molecule has 0 unspecified atom stereocenters. The van der Waals surface area contributed by atoms with Gasteiger partial charge in [0.05, 0.1) is 0 Å². The van der Waals surface area contributed by atoms with Crippen LogP contribution in [0.1, 0.15) is 13.3 Å². The average molecular weight is 197 g/mol. The van der Waals surface area contributed by atoms with Gasteiger partial charge in [0, 0.05) is 6.54 Å². The van der Waals surface area contributed by atoms with Crippen molar-refractivity contribution < 1.29 is 0 Å². The molecule has 76 valence electrons. The van der Waals surface area contributed by atoms with Crippen LogP contribution >= 0.6 is 0 Å². The van der Waals surface area contributed by atoms with Gasteiger partial charge in [0.25, 0.3) is 0 Å². The molecule has 0 bridgehead atoms. The minimum absolute atomic E-state index is 0.0574. The zero-order valence-electron chi connectivity index (χ0n) is 7.70. The number of aromatic amines is 1. The van der Waals surface area contributed by atoms with Crippen LogP contribution in [0.5, 0.6) is 0 Å². The molecular formula is C7H11N5O2. The van der Waals surface area contributed by atoms with Gasteiger partial charge in [-0.25, -0.2) is 4.79 Å². The van der Waals surface area contributed by atoms with Gasteiger partial charge >= 0.3 is 5.69 Å². The Kier molecular flexibility index (Phi) is 3.16. The summed E-state index contributed by atoms with van der Waals surface area (Å²) in [6.07, 6.45) is 0.840. The largest absolute Gasteiger partial charge is 0.383 e. The van der Waals surface area contributed by atoms with E-state index in [-0.39, 0.29) is 17.3 Å². The molecule has 4 N–H and O–H groups in total. The van der Waals surface area contributed by atoms with Gasteiger partial charge in [0.2, 0.25) is 0 Å². The molecule has 0 aliphatic heterocycles. The minimum atomic E-state index is -0.603. The molecule has 1 aromatic rings. The number of rotatable bonds is 4. The summed E-state index contributed by atoms with van der Waals surface area (Å²) in [6.45, 7) is 2.54. The second kappa shape index (κ2) is 4.35. The van der Waals surface area contributed by atoms with Crippen LogP contribution in [-0.2, 0) is 0 Å². The first-order valence-corrected chi connectivity index (χ1v) is 4.16. The maximum absolute atomic E-state index is 10.9. The van der Waals surface area contributed by atoms with Crippen LogP contribution in [0.4, 0.5) is 17.3 Å². The first-order valence-electron chi connectivity index (χ1n) is 4.16. The second-order valence-corrected chi connectivity index (χ2v) is 2.67. The summed E-state index contributed by atoms with van der Waals surface area (Å²) < 4.78 is 0. The molecule has 0 fully saturated rings. The number of hydrogen-bond acceptors (Lipinski definition) is 6. The summed E-state index contributed by atoms with van der Waals surface area (Å²) in [5.74, 6) is 0.0571. The number of nitrogens with one attached hydrogen (secondary N) is 2. The van der Waals surface area contributed by atoms with Gasteiger partial charge in [-0.05, 0) is 11.6 Å². The van der Waals surface area contributed by atoms with Gasteiger partial charge in [-0.2, -0.15) is 4.98 Å². The highest BCUT2D eigenvalue weighted by molar-refractivity contribution is 5.71. The standard InChI is InChI=1S/C7H11N5O2/c1-2-3-9-6-4(12-14)5(8)10-7(13)11-6/h2-3H2,1H3,(H4,8,9,10,11,13). The van der Waals surface area contributed by atoms with Crippen molar-refractivity contribution >= 4 is 17.3 Å². The molecule has 0 aliphatic carbocycles. The number of aromatic nitrogens is 2. The first kappa shape index (κ1) is 10.2. The third-order valence-electron chi connectivity index (χ3n) is 1.57. The molecule has 1 aromatic heterocycles. The molecule has 7 heteroatoms. The predicted molar refractivity (Wildman–Crippen MR) is 53.5 cm³/mol. The maximum Gasteiger partial charge on any atom is 0.348 e. The Morgan fingerprint density at radius 2 is 2.36 bits per heavy atom. The van der Waals surface area contributed by atoms with E-state index in [2.05, 4.69) is 20.5 Å². The lowest BCUT2D eigenvalue weighted by Gasteiger charge is -2.05. The number of anilines is 2. The van der Waals surface area contributed by atoms with Crippen LogP contribution in [0.3, 0.4) is 0 Å². The number of nitrogens with two attached hydrogens (primary N) is 1. The Hall–Kier alpha value is -1.92. The van der Waals surface area contributed by atoms with Gasteiger partial charge in [0.1, 0.15) is 5.82 Å². The van der Waals surface area contributed by atoms with E-state index in [0.717, 1.165) is 6.42 Å². The van der Waals surface area contributed by atoms with Crippen molar-refractivity contribution in [2.45, 2.75) is 13.3 Å². The number of hydrogen-bond donors (Lipinski definition) is 3. The number of nitrogen functional groups attached to an aromatic ring is 1. The van der Waals surface area contributed by atoms with Crippen LogP contribution in [0.2, 0.25) is 0 Å². The molecule has 0 spiro atoms.